The second-order valence-corrected chi connectivity index (χ2v) is 6.91. The highest BCUT2D eigenvalue weighted by atomic mass is 32.2. The van der Waals surface area contributed by atoms with E-state index >= 15 is 0 Å². The molecule has 0 atom stereocenters. The summed E-state index contributed by atoms with van der Waals surface area (Å²) in [5.74, 6) is -0.659. The van der Waals surface area contributed by atoms with Crippen LogP contribution < -0.4 is 10.0 Å². The number of ether oxygens (including phenoxy) is 1. The minimum absolute atomic E-state index is 0.0222. The van der Waals surface area contributed by atoms with Gasteiger partial charge >= 0.3 is 0 Å². The number of anilines is 1. The monoisotopic (exact) mass is 379 g/mol. The van der Waals surface area contributed by atoms with Crippen LogP contribution in [0.3, 0.4) is 0 Å². The van der Waals surface area contributed by atoms with Gasteiger partial charge in [-0.2, -0.15) is 0 Å². The van der Waals surface area contributed by atoms with Gasteiger partial charge in [0.25, 0.3) is 11.6 Å². The number of benzene rings is 2. The van der Waals surface area contributed by atoms with E-state index in [2.05, 4.69) is 10.0 Å². The summed E-state index contributed by atoms with van der Waals surface area (Å²) < 4.78 is 31.5. The molecule has 0 saturated carbocycles. The molecule has 10 heteroatoms. The van der Waals surface area contributed by atoms with Crippen molar-refractivity contribution in [3.05, 3.63) is 64.2 Å². The van der Waals surface area contributed by atoms with Gasteiger partial charge < -0.3 is 10.1 Å². The smallest absolute Gasteiger partial charge is 0.292 e. The summed E-state index contributed by atoms with van der Waals surface area (Å²) in [6.07, 6.45) is 0. The first-order valence-corrected chi connectivity index (χ1v) is 8.97. The molecule has 2 aromatic carbocycles. The van der Waals surface area contributed by atoms with Crippen LogP contribution in [-0.2, 0) is 14.8 Å². The zero-order valence-electron chi connectivity index (χ0n) is 13.8. The Bertz CT molecular complexity index is 914. The largest absolute Gasteiger partial charge is 0.383 e. The molecule has 0 aliphatic carbocycles. The molecule has 1 amide bonds. The molecular formula is C16H17N3O6S. The van der Waals surface area contributed by atoms with Crippen LogP contribution in [0.2, 0.25) is 0 Å². The number of nitrogens with zero attached hydrogens (tertiary/aromatic N) is 1. The third-order valence-electron chi connectivity index (χ3n) is 3.35. The molecule has 0 aliphatic heterocycles. The normalized spacial score (nSPS) is 11.1. The summed E-state index contributed by atoms with van der Waals surface area (Å²) >= 11 is 0. The molecule has 0 bridgehead atoms. The second-order valence-electron chi connectivity index (χ2n) is 5.15. The van der Waals surface area contributed by atoms with Crippen LogP contribution in [0, 0.1) is 10.1 Å². The molecule has 0 aromatic heterocycles. The van der Waals surface area contributed by atoms with Crippen molar-refractivity contribution >= 4 is 27.3 Å². The lowest BCUT2D eigenvalue weighted by Gasteiger charge is -2.09. The van der Waals surface area contributed by atoms with Crippen molar-refractivity contribution in [2.45, 2.75) is 4.90 Å². The van der Waals surface area contributed by atoms with Crippen LogP contribution in [0.25, 0.3) is 0 Å². The van der Waals surface area contributed by atoms with Crippen molar-refractivity contribution in [3.8, 4) is 0 Å². The predicted molar refractivity (Wildman–Crippen MR) is 94.6 cm³/mol. The van der Waals surface area contributed by atoms with E-state index in [0.717, 1.165) is 0 Å². The van der Waals surface area contributed by atoms with Crippen molar-refractivity contribution in [1.29, 1.82) is 0 Å². The van der Waals surface area contributed by atoms with E-state index in [9.17, 15) is 23.3 Å². The maximum atomic E-state index is 12.4. The number of rotatable bonds is 8. The zero-order chi connectivity index (χ0) is 19.2. The van der Waals surface area contributed by atoms with Gasteiger partial charge in [0.1, 0.15) is 5.69 Å². The third kappa shape index (κ3) is 4.85. The maximum Gasteiger partial charge on any atom is 0.292 e. The van der Waals surface area contributed by atoms with Gasteiger partial charge in [0.05, 0.1) is 16.4 Å². The van der Waals surface area contributed by atoms with Gasteiger partial charge in [0, 0.05) is 25.3 Å². The van der Waals surface area contributed by atoms with Crippen molar-refractivity contribution < 1.29 is 22.9 Å². The van der Waals surface area contributed by atoms with Crippen LogP contribution in [-0.4, -0.2) is 39.5 Å². The van der Waals surface area contributed by atoms with E-state index < -0.39 is 20.9 Å². The summed E-state index contributed by atoms with van der Waals surface area (Å²) in [7, 11) is -2.35. The van der Waals surface area contributed by atoms with E-state index in [1.54, 1.807) is 6.07 Å². The Hall–Kier alpha value is -2.82. The Labute approximate surface area is 150 Å². The summed E-state index contributed by atoms with van der Waals surface area (Å²) in [6.45, 7) is 0.294. The molecular weight excluding hydrogens is 362 g/mol. The number of hydrogen-bond donors (Lipinski definition) is 2. The van der Waals surface area contributed by atoms with E-state index in [-0.39, 0.29) is 35.0 Å². The Kier molecular flexibility index (Phi) is 6.39. The topological polar surface area (TPSA) is 128 Å². The minimum atomic E-state index is -3.80. The maximum absolute atomic E-state index is 12.4. The van der Waals surface area contributed by atoms with Crippen LogP contribution >= 0.6 is 0 Å². The highest BCUT2D eigenvalue weighted by Crippen LogP contribution is 2.24. The van der Waals surface area contributed by atoms with Crippen LogP contribution in [0.1, 0.15) is 10.4 Å². The molecule has 0 unspecified atom stereocenters. The number of sulfonamides is 1. The number of amides is 1. The molecule has 2 rings (SSSR count). The van der Waals surface area contributed by atoms with Gasteiger partial charge in [-0.15, -0.1) is 0 Å². The van der Waals surface area contributed by atoms with Crippen molar-refractivity contribution in [2.75, 3.05) is 25.6 Å². The first-order chi connectivity index (χ1) is 12.3. The fourth-order valence-corrected chi connectivity index (χ4v) is 3.16. The number of carbonyl (C=O) groups is 1. The number of para-hydroxylation sites is 2. The van der Waals surface area contributed by atoms with E-state index in [4.69, 9.17) is 4.74 Å². The Morgan fingerprint density at radius 2 is 1.92 bits per heavy atom. The standard InChI is InChI=1S/C16H17N3O6S/c1-25-10-9-17-26(23,24)13-6-4-5-12(11-13)16(20)18-14-7-2-3-8-15(14)19(21)22/h2-8,11,17H,9-10H2,1H3,(H,18,20). The predicted octanol–water partition coefficient (Wildman–Crippen LogP) is 1.77. The summed E-state index contributed by atoms with van der Waals surface area (Å²) in [4.78, 5) is 22.7. The second kappa shape index (κ2) is 8.52. The number of nitro benzene ring substituents is 1. The zero-order valence-corrected chi connectivity index (χ0v) is 14.7. The van der Waals surface area contributed by atoms with Crippen molar-refractivity contribution in [3.63, 3.8) is 0 Å². The number of nitrogens with one attached hydrogen (secondary N) is 2. The lowest BCUT2D eigenvalue weighted by Crippen LogP contribution is -2.27. The number of nitro groups is 1. The molecule has 0 radical (unpaired) electrons. The van der Waals surface area contributed by atoms with Gasteiger partial charge in [-0.05, 0) is 24.3 Å². The van der Waals surface area contributed by atoms with Crippen molar-refractivity contribution in [2.24, 2.45) is 0 Å². The first-order valence-electron chi connectivity index (χ1n) is 7.48. The average molecular weight is 379 g/mol. The Balaban J connectivity index is 2.22. The van der Waals surface area contributed by atoms with E-state index in [1.165, 1.54) is 49.6 Å². The SMILES string of the molecule is COCCNS(=O)(=O)c1cccc(C(=O)Nc2ccccc2[N+](=O)[O-])c1. The third-order valence-corrected chi connectivity index (χ3v) is 4.81. The fourth-order valence-electron chi connectivity index (χ4n) is 2.10. The Morgan fingerprint density at radius 1 is 1.19 bits per heavy atom. The molecule has 138 valence electrons. The number of methoxy groups -OCH3 is 1. The summed E-state index contributed by atoms with van der Waals surface area (Å²) in [5, 5.41) is 13.4. The molecule has 0 aliphatic rings. The lowest BCUT2D eigenvalue weighted by atomic mass is 10.2. The minimum Gasteiger partial charge on any atom is -0.383 e. The summed E-state index contributed by atoms with van der Waals surface area (Å²) in [6, 6.07) is 11.0. The van der Waals surface area contributed by atoms with Gasteiger partial charge in [0.15, 0.2) is 0 Å². The van der Waals surface area contributed by atoms with E-state index in [0.29, 0.717) is 0 Å². The fraction of sp³-hybridized carbons (Fsp3) is 0.188. The molecule has 2 aromatic rings. The number of carbonyl (C=O) groups excluding carboxylic acids is 1. The molecule has 2 N–H and O–H groups in total. The molecule has 0 fully saturated rings. The highest BCUT2D eigenvalue weighted by molar-refractivity contribution is 7.89. The van der Waals surface area contributed by atoms with Gasteiger partial charge in [-0.25, -0.2) is 13.1 Å². The first kappa shape index (κ1) is 19.5. The van der Waals surface area contributed by atoms with Gasteiger partial charge in [0.2, 0.25) is 10.0 Å². The van der Waals surface area contributed by atoms with E-state index in [1.807, 2.05) is 0 Å². The lowest BCUT2D eigenvalue weighted by molar-refractivity contribution is -0.383. The van der Waals surface area contributed by atoms with Crippen LogP contribution in [0.15, 0.2) is 53.4 Å². The molecule has 0 saturated heterocycles. The molecule has 0 spiro atoms. The quantitative estimate of drug-likeness (QED) is 0.409. The summed E-state index contributed by atoms with van der Waals surface area (Å²) in [5.41, 5.74) is -0.183. The molecule has 9 nitrogen and oxygen atoms in total. The van der Waals surface area contributed by atoms with Gasteiger partial charge in [-0.1, -0.05) is 18.2 Å². The highest BCUT2D eigenvalue weighted by Gasteiger charge is 2.18. The average Bonchev–Trinajstić information content (AvgIpc) is 2.62. The number of hydrogen-bond acceptors (Lipinski definition) is 6. The van der Waals surface area contributed by atoms with Crippen molar-refractivity contribution in [1.82, 2.24) is 4.72 Å². The Morgan fingerprint density at radius 3 is 2.62 bits per heavy atom. The van der Waals surface area contributed by atoms with Crippen LogP contribution in [0.4, 0.5) is 11.4 Å². The molecule has 0 heterocycles. The molecule has 26 heavy (non-hydrogen) atoms. The van der Waals surface area contributed by atoms with Crippen LogP contribution in [0.5, 0.6) is 0 Å². The van der Waals surface area contributed by atoms with Gasteiger partial charge in [-0.3, -0.25) is 14.9 Å².